The average Bonchev–Trinajstić information content (AvgIpc) is 2.69. The molecular formula is C19H20N4O5. The average molecular weight is 384 g/mol. The van der Waals surface area contributed by atoms with Crippen LogP contribution in [-0.4, -0.2) is 42.8 Å². The number of amides is 3. The number of benzene rings is 1. The third kappa shape index (κ3) is 4.44. The molecule has 3 N–H and O–H groups in total. The zero-order chi connectivity index (χ0) is 20.7. The third-order valence-electron chi connectivity index (χ3n) is 3.67. The molecular weight excluding hydrogens is 364 g/mol. The first-order valence-corrected chi connectivity index (χ1v) is 8.26. The van der Waals surface area contributed by atoms with E-state index in [0.29, 0.717) is 5.69 Å². The lowest BCUT2D eigenvalue weighted by Gasteiger charge is -2.15. The minimum Gasteiger partial charge on any atom is -0.464 e. The van der Waals surface area contributed by atoms with Crippen LogP contribution in [0.2, 0.25) is 0 Å². The number of pyridine rings is 1. The maximum absolute atomic E-state index is 12.6. The fraction of sp³-hybridized carbons (Fsp3) is 0.158. The van der Waals surface area contributed by atoms with E-state index >= 15 is 0 Å². The summed E-state index contributed by atoms with van der Waals surface area (Å²) in [5, 5.41) is 7.82. The van der Waals surface area contributed by atoms with Crippen molar-refractivity contribution in [3.8, 4) is 0 Å². The fourth-order valence-corrected chi connectivity index (χ4v) is 2.45. The Morgan fingerprint density at radius 1 is 1.11 bits per heavy atom. The maximum atomic E-state index is 12.6. The van der Waals surface area contributed by atoms with Gasteiger partial charge in [-0.15, -0.1) is 13.2 Å². The van der Waals surface area contributed by atoms with Gasteiger partial charge in [-0.25, -0.2) is 14.4 Å². The van der Waals surface area contributed by atoms with Crippen LogP contribution in [0.5, 0.6) is 0 Å². The molecule has 0 aliphatic carbocycles. The molecule has 0 fully saturated rings. The van der Waals surface area contributed by atoms with Gasteiger partial charge in [0.1, 0.15) is 5.69 Å². The molecule has 1 aromatic heterocycles. The lowest BCUT2D eigenvalue weighted by Crippen LogP contribution is -2.33. The molecule has 0 atom stereocenters. The quantitative estimate of drug-likeness (QED) is 0.519. The second-order valence-corrected chi connectivity index (χ2v) is 5.55. The van der Waals surface area contributed by atoms with Crippen molar-refractivity contribution in [2.75, 3.05) is 25.5 Å². The van der Waals surface area contributed by atoms with E-state index in [1.54, 1.807) is 0 Å². The van der Waals surface area contributed by atoms with Crippen LogP contribution in [0, 0.1) is 0 Å². The highest BCUT2D eigenvalue weighted by Gasteiger charge is 2.20. The molecule has 0 bridgehead atoms. The highest BCUT2D eigenvalue weighted by molar-refractivity contribution is 6.01. The predicted octanol–water partition coefficient (Wildman–Crippen LogP) is 1.84. The lowest BCUT2D eigenvalue weighted by molar-refractivity contribution is 0.0590. The number of carbonyl (C=O) groups is 3. The number of carbonyl (C=O) groups excluding carboxylic acids is 3. The van der Waals surface area contributed by atoms with Crippen molar-refractivity contribution < 1.29 is 19.1 Å². The van der Waals surface area contributed by atoms with Gasteiger partial charge in [0.15, 0.2) is 5.43 Å². The molecule has 28 heavy (non-hydrogen) atoms. The number of hydrogen-bond acceptors (Lipinski definition) is 5. The van der Waals surface area contributed by atoms with E-state index in [0.717, 1.165) is 17.7 Å². The van der Waals surface area contributed by atoms with Gasteiger partial charge in [0.2, 0.25) is 0 Å². The highest BCUT2D eigenvalue weighted by Crippen LogP contribution is 2.19. The molecule has 146 valence electrons. The smallest absolute Gasteiger partial charge is 0.355 e. The lowest BCUT2D eigenvalue weighted by atomic mass is 10.1. The Morgan fingerprint density at radius 2 is 1.79 bits per heavy atom. The van der Waals surface area contributed by atoms with Crippen LogP contribution in [0.1, 0.15) is 10.5 Å². The third-order valence-corrected chi connectivity index (χ3v) is 3.67. The standard InChI is InChI=1S/C19H20N4O5/c1-4-8-20-18(26)22-12-6-7-14-13(10-12)16(24)11-15(17(25)28-3)23(14)19(27)21-9-5-2/h4-7,10-11H,1-2,8-9H2,3H3,(H,21,27)(H2,20,22,26). The van der Waals surface area contributed by atoms with Crippen LogP contribution in [-0.2, 0) is 4.74 Å². The van der Waals surface area contributed by atoms with Crippen molar-refractivity contribution in [3.63, 3.8) is 0 Å². The molecule has 1 heterocycles. The van der Waals surface area contributed by atoms with Gasteiger partial charge in [-0.3, -0.25) is 9.36 Å². The van der Waals surface area contributed by atoms with Crippen LogP contribution in [0.15, 0.2) is 54.4 Å². The Morgan fingerprint density at radius 3 is 2.43 bits per heavy atom. The largest absolute Gasteiger partial charge is 0.464 e. The van der Waals surface area contributed by atoms with Gasteiger partial charge < -0.3 is 20.7 Å². The minimum atomic E-state index is -0.834. The SMILES string of the molecule is C=CCNC(=O)Nc1ccc2c(c1)c(=O)cc(C(=O)OC)n2C(=O)NCC=C. The summed E-state index contributed by atoms with van der Waals surface area (Å²) >= 11 is 0. The number of aromatic nitrogens is 1. The molecule has 0 spiro atoms. The van der Waals surface area contributed by atoms with Crippen LogP contribution in [0.4, 0.5) is 15.3 Å². The van der Waals surface area contributed by atoms with Gasteiger partial charge >= 0.3 is 18.0 Å². The van der Waals surface area contributed by atoms with E-state index in [1.165, 1.54) is 30.4 Å². The number of hydrogen-bond donors (Lipinski definition) is 3. The van der Waals surface area contributed by atoms with E-state index in [2.05, 4.69) is 33.8 Å². The van der Waals surface area contributed by atoms with Crippen molar-refractivity contribution >= 4 is 34.6 Å². The zero-order valence-electron chi connectivity index (χ0n) is 15.3. The summed E-state index contributed by atoms with van der Waals surface area (Å²) in [5.41, 5.74) is -0.189. The number of ether oxygens (including phenoxy) is 1. The summed E-state index contributed by atoms with van der Waals surface area (Å²) in [5.74, 6) is -0.834. The van der Waals surface area contributed by atoms with Crippen molar-refractivity contribution in [1.82, 2.24) is 15.2 Å². The van der Waals surface area contributed by atoms with Crippen molar-refractivity contribution in [3.05, 3.63) is 65.5 Å². The Kier molecular flexibility index (Phi) is 6.69. The summed E-state index contributed by atoms with van der Waals surface area (Å²) in [4.78, 5) is 48.9. The van der Waals surface area contributed by atoms with Gasteiger partial charge in [-0.1, -0.05) is 12.2 Å². The van der Waals surface area contributed by atoms with Crippen molar-refractivity contribution in [2.24, 2.45) is 0 Å². The molecule has 9 nitrogen and oxygen atoms in total. The molecule has 0 aliphatic heterocycles. The Hall–Kier alpha value is -3.88. The first-order chi connectivity index (χ1) is 13.4. The van der Waals surface area contributed by atoms with Gasteiger partial charge in [0, 0.05) is 30.2 Å². The first kappa shape index (κ1) is 20.4. The molecule has 1 aromatic carbocycles. The van der Waals surface area contributed by atoms with Gasteiger partial charge in [-0.05, 0) is 18.2 Å². The zero-order valence-corrected chi connectivity index (χ0v) is 15.3. The number of methoxy groups -OCH3 is 1. The summed E-state index contributed by atoms with van der Waals surface area (Å²) in [6.07, 6.45) is 3.00. The normalized spacial score (nSPS) is 10.0. The molecule has 2 aromatic rings. The number of urea groups is 1. The Bertz CT molecular complexity index is 1010. The molecule has 0 aliphatic rings. The molecule has 0 saturated carbocycles. The van der Waals surface area contributed by atoms with Crippen LogP contribution in [0.25, 0.3) is 10.9 Å². The minimum absolute atomic E-state index is 0.142. The summed E-state index contributed by atoms with van der Waals surface area (Å²) < 4.78 is 5.73. The van der Waals surface area contributed by atoms with E-state index in [-0.39, 0.29) is 29.7 Å². The summed E-state index contributed by atoms with van der Waals surface area (Å²) in [6, 6.07) is 4.30. The second-order valence-electron chi connectivity index (χ2n) is 5.55. The molecule has 0 radical (unpaired) electrons. The van der Waals surface area contributed by atoms with E-state index in [4.69, 9.17) is 0 Å². The van der Waals surface area contributed by atoms with Gasteiger partial charge in [0.05, 0.1) is 12.6 Å². The van der Waals surface area contributed by atoms with Gasteiger partial charge in [0.25, 0.3) is 0 Å². The Balaban J connectivity index is 2.58. The number of nitrogens with zero attached hydrogens (tertiary/aromatic N) is 1. The number of anilines is 1. The first-order valence-electron chi connectivity index (χ1n) is 8.26. The second kappa shape index (κ2) is 9.17. The maximum Gasteiger partial charge on any atom is 0.355 e. The van der Waals surface area contributed by atoms with Crippen molar-refractivity contribution in [2.45, 2.75) is 0 Å². The fourth-order valence-electron chi connectivity index (χ4n) is 2.45. The van der Waals surface area contributed by atoms with Crippen LogP contribution in [0.3, 0.4) is 0 Å². The molecule has 9 heteroatoms. The highest BCUT2D eigenvalue weighted by atomic mass is 16.5. The monoisotopic (exact) mass is 384 g/mol. The number of fused-ring (bicyclic) bond motifs is 1. The van der Waals surface area contributed by atoms with Crippen LogP contribution < -0.4 is 21.4 Å². The number of esters is 1. The molecule has 2 rings (SSSR count). The predicted molar refractivity (Wildman–Crippen MR) is 106 cm³/mol. The van der Waals surface area contributed by atoms with E-state index < -0.39 is 23.5 Å². The Labute approximate surface area is 160 Å². The topological polar surface area (TPSA) is 119 Å². The number of nitrogens with one attached hydrogen (secondary N) is 3. The molecule has 0 unspecified atom stereocenters. The summed E-state index contributed by atoms with van der Waals surface area (Å²) in [6.45, 7) is 7.46. The number of rotatable bonds is 6. The molecule has 0 saturated heterocycles. The van der Waals surface area contributed by atoms with E-state index in [9.17, 15) is 19.2 Å². The van der Waals surface area contributed by atoms with Crippen molar-refractivity contribution in [1.29, 1.82) is 0 Å². The van der Waals surface area contributed by atoms with Gasteiger partial charge in [-0.2, -0.15) is 0 Å². The summed E-state index contributed by atoms with van der Waals surface area (Å²) in [7, 11) is 1.15. The molecule has 3 amide bonds. The van der Waals surface area contributed by atoms with Crippen LogP contribution >= 0.6 is 0 Å². The van der Waals surface area contributed by atoms with E-state index in [1.807, 2.05) is 0 Å².